The van der Waals surface area contributed by atoms with E-state index >= 15 is 0 Å². The van der Waals surface area contributed by atoms with Crippen LogP contribution in [0.4, 0.5) is 0 Å². The van der Waals surface area contributed by atoms with Gasteiger partial charge in [-0.1, -0.05) is 6.92 Å². The molecule has 0 heterocycles. The molecule has 0 aliphatic heterocycles. The molecule has 5 nitrogen and oxygen atoms in total. The van der Waals surface area contributed by atoms with Crippen LogP contribution in [0, 0.1) is 0 Å². The summed E-state index contributed by atoms with van der Waals surface area (Å²) in [5, 5.41) is 12.4. The van der Waals surface area contributed by atoms with Crippen LogP contribution in [0.15, 0.2) is 11.3 Å². The molecule has 0 aromatic carbocycles. The highest BCUT2D eigenvalue weighted by atomic mass is 16.5. The van der Waals surface area contributed by atoms with Crippen molar-refractivity contribution in [1.29, 1.82) is 0 Å². The highest BCUT2D eigenvalue weighted by Gasteiger charge is 2.34. The van der Waals surface area contributed by atoms with E-state index in [1.807, 2.05) is 0 Å². The van der Waals surface area contributed by atoms with Crippen LogP contribution in [-0.2, 0) is 9.53 Å². The number of nitrogens with one attached hydrogen (secondary N) is 1. The molecule has 0 aromatic rings. The molecule has 0 saturated heterocycles. The van der Waals surface area contributed by atoms with Crippen molar-refractivity contribution in [2.45, 2.75) is 26.4 Å². The lowest BCUT2D eigenvalue weighted by atomic mass is 9.90. The van der Waals surface area contributed by atoms with Gasteiger partial charge in [-0.05, 0) is 26.9 Å². The molecule has 104 valence electrons. The Labute approximate surface area is 109 Å². The zero-order valence-corrected chi connectivity index (χ0v) is 11.5. The molecule has 1 atom stereocenters. The van der Waals surface area contributed by atoms with Crippen LogP contribution in [0.2, 0.25) is 0 Å². The lowest BCUT2D eigenvalue weighted by Crippen LogP contribution is -2.43. The Morgan fingerprint density at radius 3 is 2.72 bits per heavy atom. The third-order valence-corrected chi connectivity index (χ3v) is 3.08. The van der Waals surface area contributed by atoms with E-state index < -0.39 is 6.10 Å². The summed E-state index contributed by atoms with van der Waals surface area (Å²) in [6.45, 7) is 7.79. The molecule has 0 fully saturated rings. The normalized spacial score (nSPS) is 19.4. The summed E-state index contributed by atoms with van der Waals surface area (Å²) in [5.41, 5.74) is 1.27. The Hall–Kier alpha value is -0.910. The predicted octanol–water partition coefficient (Wildman–Crippen LogP) is 0.152. The van der Waals surface area contributed by atoms with E-state index in [2.05, 4.69) is 24.2 Å². The number of aliphatic hydroxyl groups excluding tert-OH is 1. The van der Waals surface area contributed by atoms with Crippen molar-refractivity contribution >= 4 is 5.78 Å². The predicted molar refractivity (Wildman–Crippen MR) is 70.3 cm³/mol. The number of aliphatic hydroxyl groups is 1. The lowest BCUT2D eigenvalue weighted by molar-refractivity contribution is -0.124. The van der Waals surface area contributed by atoms with Crippen LogP contribution in [0.1, 0.15) is 20.3 Å². The quantitative estimate of drug-likeness (QED) is 0.575. The monoisotopic (exact) mass is 256 g/mol. The Balaban J connectivity index is 2.02. The zero-order chi connectivity index (χ0) is 13.5. The third-order valence-electron chi connectivity index (χ3n) is 3.08. The van der Waals surface area contributed by atoms with Gasteiger partial charge in [-0.25, -0.2) is 0 Å². The molecule has 0 amide bonds. The standard InChI is InChI=1S/C13H24N2O3/c1-4-6-15(3)7-9-18-8-5-14-11-10(2)12(16)13(11)17/h13-14,17H,4-9H2,1-3H3. The van der Waals surface area contributed by atoms with Crippen molar-refractivity contribution in [1.82, 2.24) is 10.2 Å². The third kappa shape index (κ3) is 4.08. The second kappa shape index (κ2) is 7.51. The SMILES string of the molecule is CCCN(C)CCOCCNC1=C(C)C(=O)C1O. The van der Waals surface area contributed by atoms with E-state index in [-0.39, 0.29) is 5.78 Å². The number of hydrogen-bond acceptors (Lipinski definition) is 5. The van der Waals surface area contributed by atoms with E-state index in [0.717, 1.165) is 19.5 Å². The first kappa shape index (κ1) is 15.1. The summed E-state index contributed by atoms with van der Waals surface area (Å²) in [7, 11) is 2.08. The highest BCUT2D eigenvalue weighted by Crippen LogP contribution is 2.21. The number of hydrogen-bond donors (Lipinski definition) is 2. The molecule has 1 rings (SSSR count). The van der Waals surface area contributed by atoms with Crippen molar-refractivity contribution in [3.63, 3.8) is 0 Å². The second-order valence-corrected chi connectivity index (χ2v) is 4.65. The molecule has 1 unspecified atom stereocenters. The number of nitrogens with zero attached hydrogens (tertiary/aromatic N) is 1. The van der Waals surface area contributed by atoms with Crippen LogP contribution in [-0.4, -0.2) is 61.8 Å². The summed E-state index contributed by atoms with van der Waals surface area (Å²) in [5.74, 6) is -0.181. The number of likely N-dealkylation sites (N-methyl/N-ethyl adjacent to an activating group) is 1. The lowest BCUT2D eigenvalue weighted by Gasteiger charge is -2.26. The first-order chi connectivity index (χ1) is 8.57. The summed E-state index contributed by atoms with van der Waals surface area (Å²) in [6, 6.07) is 0. The van der Waals surface area contributed by atoms with Gasteiger partial charge < -0.3 is 20.1 Å². The minimum absolute atomic E-state index is 0.181. The number of carbonyl (C=O) groups is 1. The Morgan fingerprint density at radius 1 is 1.39 bits per heavy atom. The number of ether oxygens (including phenoxy) is 1. The minimum atomic E-state index is -0.944. The average Bonchev–Trinajstić information content (AvgIpc) is 2.37. The number of ketones is 1. The highest BCUT2D eigenvalue weighted by molar-refractivity contribution is 6.07. The first-order valence-corrected chi connectivity index (χ1v) is 6.51. The van der Waals surface area contributed by atoms with E-state index in [4.69, 9.17) is 4.74 Å². The van der Waals surface area contributed by atoms with Gasteiger partial charge in [0.15, 0.2) is 11.9 Å². The summed E-state index contributed by atoms with van der Waals surface area (Å²) in [4.78, 5) is 13.3. The Morgan fingerprint density at radius 2 is 2.11 bits per heavy atom. The van der Waals surface area contributed by atoms with Crippen LogP contribution in [0.25, 0.3) is 0 Å². The van der Waals surface area contributed by atoms with Crippen molar-refractivity contribution in [2.75, 3.05) is 39.9 Å². The maximum atomic E-state index is 11.1. The number of Topliss-reactive ketones (excluding diaryl/α,β-unsaturated/α-hetero) is 1. The van der Waals surface area contributed by atoms with Gasteiger partial charge in [-0.2, -0.15) is 0 Å². The van der Waals surface area contributed by atoms with Crippen molar-refractivity contribution in [3.8, 4) is 0 Å². The van der Waals surface area contributed by atoms with Crippen LogP contribution >= 0.6 is 0 Å². The Bertz CT molecular complexity index is 315. The van der Waals surface area contributed by atoms with Crippen molar-refractivity contribution in [3.05, 3.63) is 11.3 Å². The molecule has 18 heavy (non-hydrogen) atoms. The zero-order valence-electron chi connectivity index (χ0n) is 11.5. The molecule has 0 bridgehead atoms. The van der Waals surface area contributed by atoms with Gasteiger partial charge in [0.2, 0.25) is 0 Å². The number of rotatable bonds is 9. The van der Waals surface area contributed by atoms with Gasteiger partial charge in [0.25, 0.3) is 0 Å². The molecule has 5 heteroatoms. The topological polar surface area (TPSA) is 61.8 Å². The van der Waals surface area contributed by atoms with Crippen LogP contribution < -0.4 is 5.32 Å². The molecule has 2 N–H and O–H groups in total. The molecule has 0 aromatic heterocycles. The fourth-order valence-corrected chi connectivity index (χ4v) is 1.90. The summed E-state index contributed by atoms with van der Waals surface area (Å²) in [6.07, 6.45) is 0.206. The smallest absolute Gasteiger partial charge is 0.194 e. The largest absolute Gasteiger partial charge is 0.383 e. The van der Waals surface area contributed by atoms with Gasteiger partial charge in [0, 0.05) is 18.7 Å². The number of carbonyl (C=O) groups excluding carboxylic acids is 1. The Kier molecular flexibility index (Phi) is 6.32. The van der Waals surface area contributed by atoms with E-state index in [1.54, 1.807) is 6.92 Å². The second-order valence-electron chi connectivity index (χ2n) is 4.65. The molecule has 0 spiro atoms. The molecule has 0 radical (unpaired) electrons. The average molecular weight is 256 g/mol. The van der Waals surface area contributed by atoms with Gasteiger partial charge in [0.05, 0.1) is 18.9 Å². The summed E-state index contributed by atoms with van der Waals surface area (Å²) >= 11 is 0. The molecule has 0 saturated carbocycles. The molecule has 1 aliphatic carbocycles. The van der Waals surface area contributed by atoms with Crippen LogP contribution in [0.3, 0.4) is 0 Å². The minimum Gasteiger partial charge on any atom is -0.383 e. The maximum Gasteiger partial charge on any atom is 0.194 e. The van der Waals surface area contributed by atoms with Gasteiger partial charge in [0.1, 0.15) is 0 Å². The van der Waals surface area contributed by atoms with Gasteiger partial charge in [-0.15, -0.1) is 0 Å². The van der Waals surface area contributed by atoms with Crippen LogP contribution in [0.5, 0.6) is 0 Å². The van der Waals surface area contributed by atoms with Gasteiger partial charge in [-0.3, -0.25) is 4.79 Å². The van der Waals surface area contributed by atoms with Crippen molar-refractivity contribution in [2.24, 2.45) is 0 Å². The van der Waals surface area contributed by atoms with E-state index in [1.165, 1.54) is 0 Å². The summed E-state index contributed by atoms with van der Waals surface area (Å²) < 4.78 is 5.47. The fraction of sp³-hybridized carbons (Fsp3) is 0.769. The first-order valence-electron chi connectivity index (χ1n) is 6.51. The maximum absolute atomic E-state index is 11.1. The van der Waals surface area contributed by atoms with E-state index in [0.29, 0.717) is 31.0 Å². The molecule has 1 aliphatic rings. The van der Waals surface area contributed by atoms with E-state index in [9.17, 15) is 9.90 Å². The fourth-order valence-electron chi connectivity index (χ4n) is 1.90. The van der Waals surface area contributed by atoms with Crippen molar-refractivity contribution < 1.29 is 14.6 Å². The van der Waals surface area contributed by atoms with Gasteiger partial charge >= 0.3 is 0 Å². The molecular formula is C13H24N2O3. The molecular weight excluding hydrogens is 232 g/mol.